The number of nitrogens with one attached hydrogen (secondary N) is 1. The summed E-state index contributed by atoms with van der Waals surface area (Å²) in [5.41, 5.74) is 4.80. The van der Waals surface area contributed by atoms with Crippen LogP contribution >= 0.6 is 0 Å². The van der Waals surface area contributed by atoms with Crippen molar-refractivity contribution < 1.29 is 0 Å². The molecular formula is C16H19N3. The van der Waals surface area contributed by atoms with E-state index in [1.54, 1.807) is 0 Å². The van der Waals surface area contributed by atoms with Gasteiger partial charge < -0.3 is 5.32 Å². The average Bonchev–Trinajstić information content (AvgIpc) is 2.96. The van der Waals surface area contributed by atoms with Crippen LogP contribution in [0.3, 0.4) is 0 Å². The summed E-state index contributed by atoms with van der Waals surface area (Å²) in [6.07, 6.45) is 4.21. The predicted molar refractivity (Wildman–Crippen MR) is 76.9 cm³/mol. The van der Waals surface area contributed by atoms with Gasteiger partial charge >= 0.3 is 0 Å². The zero-order valence-corrected chi connectivity index (χ0v) is 11.5. The maximum atomic E-state index is 4.72. The van der Waals surface area contributed by atoms with Gasteiger partial charge in [-0.2, -0.15) is 0 Å². The summed E-state index contributed by atoms with van der Waals surface area (Å²) < 4.78 is 0. The van der Waals surface area contributed by atoms with Crippen LogP contribution in [0.15, 0.2) is 30.5 Å². The molecule has 0 amide bonds. The molecule has 3 rings (SSSR count). The van der Waals surface area contributed by atoms with Crippen molar-refractivity contribution in [1.29, 1.82) is 0 Å². The third-order valence-corrected chi connectivity index (χ3v) is 3.85. The maximum Gasteiger partial charge on any atom is 0.145 e. The van der Waals surface area contributed by atoms with E-state index in [1.807, 2.05) is 12.3 Å². The second kappa shape index (κ2) is 5.10. The molecule has 1 N–H and O–H groups in total. The van der Waals surface area contributed by atoms with Crippen LogP contribution in [0.2, 0.25) is 0 Å². The van der Waals surface area contributed by atoms with E-state index in [4.69, 9.17) is 4.98 Å². The van der Waals surface area contributed by atoms with Gasteiger partial charge in [-0.05, 0) is 56.5 Å². The van der Waals surface area contributed by atoms with E-state index in [9.17, 15) is 0 Å². The van der Waals surface area contributed by atoms with Crippen LogP contribution in [0.5, 0.6) is 0 Å². The molecule has 0 aliphatic carbocycles. The SMILES string of the molecule is Cc1ccc(-c2ccnc(C3CCCN3)n2)cc1C. The number of benzene rings is 1. The summed E-state index contributed by atoms with van der Waals surface area (Å²) in [6, 6.07) is 8.80. The Balaban J connectivity index is 1.95. The second-order valence-electron chi connectivity index (χ2n) is 5.25. The fourth-order valence-electron chi connectivity index (χ4n) is 2.51. The highest BCUT2D eigenvalue weighted by atomic mass is 15.0. The number of nitrogens with zero attached hydrogens (tertiary/aromatic N) is 2. The van der Waals surface area contributed by atoms with E-state index in [0.717, 1.165) is 24.5 Å². The first kappa shape index (κ1) is 12.3. The molecule has 1 atom stereocenters. The van der Waals surface area contributed by atoms with Gasteiger partial charge in [0.2, 0.25) is 0 Å². The maximum absolute atomic E-state index is 4.72. The van der Waals surface area contributed by atoms with Gasteiger partial charge in [-0.3, -0.25) is 0 Å². The van der Waals surface area contributed by atoms with Gasteiger partial charge in [-0.25, -0.2) is 9.97 Å². The zero-order chi connectivity index (χ0) is 13.2. The molecule has 1 aliphatic rings. The minimum Gasteiger partial charge on any atom is -0.307 e. The minimum atomic E-state index is 0.325. The standard InChI is InChI=1S/C16H19N3/c1-11-5-6-13(10-12(11)2)14-7-9-18-16(19-14)15-4-3-8-17-15/h5-7,9-10,15,17H,3-4,8H2,1-2H3. The highest BCUT2D eigenvalue weighted by Crippen LogP contribution is 2.24. The molecule has 1 saturated heterocycles. The van der Waals surface area contributed by atoms with E-state index < -0.39 is 0 Å². The third-order valence-electron chi connectivity index (χ3n) is 3.85. The Hall–Kier alpha value is -1.74. The van der Waals surface area contributed by atoms with Gasteiger partial charge in [0.15, 0.2) is 0 Å². The number of rotatable bonds is 2. The fourth-order valence-corrected chi connectivity index (χ4v) is 2.51. The van der Waals surface area contributed by atoms with Crippen LogP contribution < -0.4 is 5.32 Å². The summed E-state index contributed by atoms with van der Waals surface area (Å²) in [5, 5.41) is 3.45. The summed E-state index contributed by atoms with van der Waals surface area (Å²) in [6.45, 7) is 5.34. The molecule has 1 unspecified atom stereocenters. The van der Waals surface area contributed by atoms with Gasteiger partial charge in [-0.15, -0.1) is 0 Å². The molecule has 0 saturated carbocycles. The summed E-state index contributed by atoms with van der Waals surface area (Å²) in [7, 11) is 0. The molecule has 2 heterocycles. The lowest BCUT2D eigenvalue weighted by atomic mass is 10.0. The van der Waals surface area contributed by atoms with E-state index >= 15 is 0 Å². The summed E-state index contributed by atoms with van der Waals surface area (Å²) in [4.78, 5) is 9.14. The van der Waals surface area contributed by atoms with Gasteiger partial charge in [0, 0.05) is 11.8 Å². The van der Waals surface area contributed by atoms with Gasteiger partial charge in [0.25, 0.3) is 0 Å². The van der Waals surface area contributed by atoms with Crippen molar-refractivity contribution in [1.82, 2.24) is 15.3 Å². The Labute approximate surface area is 114 Å². The lowest BCUT2D eigenvalue weighted by Crippen LogP contribution is -2.15. The monoisotopic (exact) mass is 253 g/mol. The van der Waals surface area contributed by atoms with Crippen LogP contribution in [0, 0.1) is 13.8 Å². The largest absolute Gasteiger partial charge is 0.307 e. The minimum absolute atomic E-state index is 0.325. The summed E-state index contributed by atoms with van der Waals surface area (Å²) in [5.74, 6) is 0.924. The average molecular weight is 253 g/mol. The van der Waals surface area contributed by atoms with Crippen molar-refractivity contribution in [2.24, 2.45) is 0 Å². The smallest absolute Gasteiger partial charge is 0.145 e. The van der Waals surface area contributed by atoms with E-state index in [1.165, 1.54) is 23.1 Å². The molecular weight excluding hydrogens is 234 g/mol. The van der Waals surface area contributed by atoms with Crippen LogP contribution in [0.1, 0.15) is 35.8 Å². The van der Waals surface area contributed by atoms with E-state index in [-0.39, 0.29) is 0 Å². The molecule has 0 spiro atoms. The van der Waals surface area contributed by atoms with Gasteiger partial charge in [-0.1, -0.05) is 12.1 Å². The first-order valence-electron chi connectivity index (χ1n) is 6.88. The molecule has 19 heavy (non-hydrogen) atoms. The van der Waals surface area contributed by atoms with Crippen molar-refractivity contribution in [3.63, 3.8) is 0 Å². The highest BCUT2D eigenvalue weighted by Gasteiger charge is 2.19. The predicted octanol–water partition coefficient (Wildman–Crippen LogP) is 3.18. The molecule has 0 bridgehead atoms. The molecule has 0 radical (unpaired) electrons. The van der Waals surface area contributed by atoms with Crippen LogP contribution in [-0.2, 0) is 0 Å². The van der Waals surface area contributed by atoms with E-state index in [0.29, 0.717) is 6.04 Å². The lowest BCUT2D eigenvalue weighted by Gasteiger charge is -2.10. The highest BCUT2D eigenvalue weighted by molar-refractivity contribution is 5.60. The van der Waals surface area contributed by atoms with E-state index in [2.05, 4.69) is 42.3 Å². The normalized spacial score (nSPS) is 18.7. The Kier molecular flexibility index (Phi) is 3.30. The first-order chi connectivity index (χ1) is 9.24. The Morgan fingerprint density at radius 3 is 2.79 bits per heavy atom. The molecule has 3 heteroatoms. The van der Waals surface area contributed by atoms with Gasteiger partial charge in [0.05, 0.1) is 11.7 Å². The number of hydrogen-bond donors (Lipinski definition) is 1. The van der Waals surface area contributed by atoms with Crippen molar-refractivity contribution >= 4 is 0 Å². The van der Waals surface area contributed by atoms with Crippen molar-refractivity contribution in [3.8, 4) is 11.3 Å². The molecule has 98 valence electrons. The van der Waals surface area contributed by atoms with Crippen molar-refractivity contribution in [2.45, 2.75) is 32.7 Å². The Morgan fingerprint density at radius 1 is 1.16 bits per heavy atom. The quantitative estimate of drug-likeness (QED) is 0.893. The van der Waals surface area contributed by atoms with Crippen LogP contribution in [0.4, 0.5) is 0 Å². The molecule has 3 nitrogen and oxygen atoms in total. The molecule has 2 aromatic rings. The fraction of sp³-hybridized carbons (Fsp3) is 0.375. The molecule has 1 aromatic heterocycles. The lowest BCUT2D eigenvalue weighted by molar-refractivity contribution is 0.605. The number of aromatic nitrogens is 2. The molecule has 1 aromatic carbocycles. The molecule has 1 aliphatic heterocycles. The molecule has 1 fully saturated rings. The van der Waals surface area contributed by atoms with Crippen LogP contribution in [0.25, 0.3) is 11.3 Å². The van der Waals surface area contributed by atoms with Crippen molar-refractivity contribution in [3.05, 3.63) is 47.4 Å². The van der Waals surface area contributed by atoms with Crippen LogP contribution in [-0.4, -0.2) is 16.5 Å². The summed E-state index contributed by atoms with van der Waals surface area (Å²) >= 11 is 0. The second-order valence-corrected chi connectivity index (χ2v) is 5.25. The number of aryl methyl sites for hydroxylation is 2. The van der Waals surface area contributed by atoms with Crippen molar-refractivity contribution in [2.75, 3.05) is 6.54 Å². The Morgan fingerprint density at radius 2 is 2.05 bits per heavy atom. The number of hydrogen-bond acceptors (Lipinski definition) is 3. The topological polar surface area (TPSA) is 37.8 Å². The third kappa shape index (κ3) is 2.51. The zero-order valence-electron chi connectivity index (χ0n) is 11.5. The Bertz CT molecular complexity index is 586. The first-order valence-corrected chi connectivity index (χ1v) is 6.88. The van der Waals surface area contributed by atoms with Gasteiger partial charge in [0.1, 0.15) is 5.82 Å².